The van der Waals surface area contributed by atoms with Gasteiger partial charge in [-0.2, -0.15) is 0 Å². The lowest BCUT2D eigenvalue weighted by Crippen LogP contribution is -2.43. The first-order chi connectivity index (χ1) is 14.8. The van der Waals surface area contributed by atoms with Crippen molar-refractivity contribution in [2.45, 2.75) is 32.4 Å². The van der Waals surface area contributed by atoms with Gasteiger partial charge < -0.3 is 10.1 Å². The Morgan fingerprint density at radius 2 is 1.87 bits per heavy atom. The van der Waals surface area contributed by atoms with E-state index < -0.39 is 11.2 Å². The van der Waals surface area contributed by atoms with Gasteiger partial charge in [-0.25, -0.2) is 9.79 Å². The van der Waals surface area contributed by atoms with E-state index in [-0.39, 0.29) is 18.2 Å². The molecule has 0 bridgehead atoms. The van der Waals surface area contributed by atoms with Crippen molar-refractivity contribution in [3.05, 3.63) is 59.2 Å². The second kappa shape index (κ2) is 9.78. The number of hydrogen-bond donors (Lipinski definition) is 1. The molecule has 0 radical (unpaired) electrons. The number of benzene rings is 2. The molecule has 0 aliphatic carbocycles. The molecular weight excluding hydrogens is 414 g/mol. The summed E-state index contributed by atoms with van der Waals surface area (Å²) >= 11 is 1.26. The van der Waals surface area contributed by atoms with Crippen molar-refractivity contribution in [3.63, 3.8) is 0 Å². The summed E-state index contributed by atoms with van der Waals surface area (Å²) in [5.74, 6) is -0.869. The summed E-state index contributed by atoms with van der Waals surface area (Å²) in [4.78, 5) is 43.1. The average Bonchev–Trinajstić information content (AvgIpc) is 2.74. The highest BCUT2D eigenvalue weighted by Gasteiger charge is 2.34. The molecule has 8 heteroatoms. The SMILES string of the molecule is CCOC(=O)c1ccc(NC(=O)[C@@H]2CC(=O)N(C)C(=Nc3ccc(C)c(C)c3)S2)cc1. The van der Waals surface area contributed by atoms with E-state index in [0.29, 0.717) is 23.0 Å². The van der Waals surface area contributed by atoms with Gasteiger partial charge in [-0.15, -0.1) is 0 Å². The van der Waals surface area contributed by atoms with Gasteiger partial charge in [0.25, 0.3) is 0 Å². The molecule has 31 heavy (non-hydrogen) atoms. The number of thioether (sulfide) groups is 1. The van der Waals surface area contributed by atoms with E-state index >= 15 is 0 Å². The van der Waals surface area contributed by atoms with Gasteiger partial charge in [0, 0.05) is 19.2 Å². The van der Waals surface area contributed by atoms with Crippen LogP contribution >= 0.6 is 11.8 Å². The van der Waals surface area contributed by atoms with Gasteiger partial charge in [0.2, 0.25) is 11.8 Å². The number of nitrogens with one attached hydrogen (secondary N) is 1. The Labute approximate surface area is 185 Å². The Morgan fingerprint density at radius 1 is 1.16 bits per heavy atom. The van der Waals surface area contributed by atoms with E-state index in [2.05, 4.69) is 10.3 Å². The zero-order chi connectivity index (χ0) is 22.5. The highest BCUT2D eigenvalue weighted by molar-refractivity contribution is 8.15. The van der Waals surface area contributed by atoms with E-state index in [9.17, 15) is 14.4 Å². The molecule has 1 heterocycles. The van der Waals surface area contributed by atoms with Crippen molar-refractivity contribution in [3.8, 4) is 0 Å². The maximum absolute atomic E-state index is 12.8. The molecule has 3 rings (SSSR count). The molecule has 2 aromatic carbocycles. The number of amidine groups is 1. The number of anilines is 1. The summed E-state index contributed by atoms with van der Waals surface area (Å²) in [6.07, 6.45) is 0.0832. The van der Waals surface area contributed by atoms with Crippen molar-refractivity contribution in [1.82, 2.24) is 4.90 Å². The zero-order valence-corrected chi connectivity index (χ0v) is 18.8. The normalized spacial score (nSPS) is 17.5. The van der Waals surface area contributed by atoms with E-state index in [1.807, 2.05) is 32.0 Å². The van der Waals surface area contributed by atoms with Gasteiger partial charge in [-0.1, -0.05) is 17.8 Å². The van der Waals surface area contributed by atoms with Crippen molar-refractivity contribution >= 4 is 46.1 Å². The van der Waals surface area contributed by atoms with Gasteiger partial charge in [-0.3, -0.25) is 14.5 Å². The Kier molecular flexibility index (Phi) is 7.12. The highest BCUT2D eigenvalue weighted by atomic mass is 32.2. The Morgan fingerprint density at radius 3 is 2.52 bits per heavy atom. The highest BCUT2D eigenvalue weighted by Crippen LogP contribution is 2.29. The Bertz CT molecular complexity index is 1030. The van der Waals surface area contributed by atoms with E-state index in [1.54, 1.807) is 38.2 Å². The average molecular weight is 440 g/mol. The molecule has 0 unspecified atom stereocenters. The third-order valence-electron chi connectivity index (χ3n) is 4.94. The topological polar surface area (TPSA) is 88.1 Å². The predicted molar refractivity (Wildman–Crippen MR) is 123 cm³/mol. The van der Waals surface area contributed by atoms with Crippen LogP contribution in [0, 0.1) is 13.8 Å². The van der Waals surface area contributed by atoms with Crippen LogP contribution < -0.4 is 5.32 Å². The van der Waals surface area contributed by atoms with Crippen molar-refractivity contribution in [1.29, 1.82) is 0 Å². The summed E-state index contributed by atoms with van der Waals surface area (Å²) in [5.41, 5.74) is 3.96. The molecule has 1 atom stereocenters. The third kappa shape index (κ3) is 5.52. The lowest BCUT2D eigenvalue weighted by molar-refractivity contribution is -0.128. The van der Waals surface area contributed by atoms with Gasteiger partial charge >= 0.3 is 5.97 Å². The van der Waals surface area contributed by atoms with Crippen LogP contribution in [0.2, 0.25) is 0 Å². The number of aryl methyl sites for hydroxylation is 2. The maximum Gasteiger partial charge on any atom is 0.338 e. The van der Waals surface area contributed by atoms with Crippen LogP contribution in [0.3, 0.4) is 0 Å². The number of nitrogens with zero attached hydrogens (tertiary/aromatic N) is 2. The second-order valence-electron chi connectivity index (χ2n) is 7.21. The van der Waals surface area contributed by atoms with Crippen molar-refractivity contribution in [2.75, 3.05) is 19.0 Å². The Balaban J connectivity index is 1.72. The largest absolute Gasteiger partial charge is 0.462 e. The molecule has 0 aromatic heterocycles. The van der Waals surface area contributed by atoms with Crippen molar-refractivity contribution in [2.24, 2.45) is 4.99 Å². The fourth-order valence-corrected chi connectivity index (χ4v) is 3.99. The molecule has 1 fully saturated rings. The molecule has 1 aliphatic rings. The standard InChI is InChI=1S/C23H25N3O4S/c1-5-30-22(29)16-7-10-17(11-8-16)24-21(28)19-13-20(27)26(4)23(31-19)25-18-9-6-14(2)15(3)12-18/h6-12,19H,5,13H2,1-4H3,(H,24,28)/t19-/m0/s1. The molecular formula is C23H25N3O4S. The maximum atomic E-state index is 12.8. The van der Waals surface area contributed by atoms with Gasteiger partial charge in [-0.05, 0) is 68.3 Å². The summed E-state index contributed by atoms with van der Waals surface area (Å²) in [5, 5.41) is 2.69. The van der Waals surface area contributed by atoms with Crippen LogP contribution in [0.1, 0.15) is 34.8 Å². The van der Waals surface area contributed by atoms with E-state index in [0.717, 1.165) is 16.8 Å². The van der Waals surface area contributed by atoms with E-state index in [4.69, 9.17) is 4.74 Å². The number of hydrogen-bond acceptors (Lipinski definition) is 6. The molecule has 1 aliphatic heterocycles. The van der Waals surface area contributed by atoms with E-state index in [1.165, 1.54) is 16.7 Å². The van der Waals surface area contributed by atoms with Crippen LogP contribution in [0.5, 0.6) is 0 Å². The molecule has 1 saturated heterocycles. The van der Waals surface area contributed by atoms with Gasteiger partial charge in [0.1, 0.15) is 5.25 Å². The quantitative estimate of drug-likeness (QED) is 0.710. The number of carbonyl (C=O) groups excluding carboxylic acids is 3. The van der Waals surface area contributed by atoms with Crippen LogP contribution in [0.15, 0.2) is 47.5 Å². The molecule has 2 aromatic rings. The van der Waals surface area contributed by atoms with Crippen LogP contribution in [0.4, 0.5) is 11.4 Å². The number of amides is 2. The lowest BCUT2D eigenvalue weighted by Gasteiger charge is -2.28. The number of rotatable bonds is 5. The molecule has 7 nitrogen and oxygen atoms in total. The molecule has 2 amide bonds. The number of aliphatic imine (C=N–C) groups is 1. The first kappa shape index (κ1) is 22.6. The molecule has 162 valence electrons. The molecule has 0 saturated carbocycles. The Hall–Kier alpha value is -3.13. The summed E-state index contributed by atoms with van der Waals surface area (Å²) in [7, 11) is 1.66. The number of carbonyl (C=O) groups is 3. The minimum Gasteiger partial charge on any atom is -0.462 e. The smallest absolute Gasteiger partial charge is 0.338 e. The fourth-order valence-electron chi connectivity index (χ4n) is 2.93. The van der Waals surface area contributed by atoms with Crippen LogP contribution in [-0.2, 0) is 14.3 Å². The van der Waals surface area contributed by atoms with Gasteiger partial charge in [0.15, 0.2) is 5.17 Å². The molecule has 0 spiro atoms. The molecule has 1 N–H and O–H groups in total. The minimum atomic E-state index is -0.598. The van der Waals surface area contributed by atoms with Crippen LogP contribution in [-0.4, -0.2) is 46.8 Å². The first-order valence-electron chi connectivity index (χ1n) is 9.95. The summed E-state index contributed by atoms with van der Waals surface area (Å²) < 4.78 is 4.96. The first-order valence-corrected chi connectivity index (χ1v) is 10.8. The second-order valence-corrected chi connectivity index (χ2v) is 8.38. The monoisotopic (exact) mass is 439 g/mol. The number of esters is 1. The summed E-state index contributed by atoms with van der Waals surface area (Å²) in [6.45, 7) is 6.07. The lowest BCUT2D eigenvalue weighted by atomic mass is 10.1. The number of ether oxygens (including phenoxy) is 1. The zero-order valence-electron chi connectivity index (χ0n) is 18.0. The fraction of sp³-hybridized carbons (Fsp3) is 0.304. The van der Waals surface area contributed by atoms with Crippen molar-refractivity contribution < 1.29 is 19.1 Å². The predicted octanol–water partition coefficient (Wildman–Crippen LogP) is 4.07. The van der Waals surface area contributed by atoms with Gasteiger partial charge in [0.05, 0.1) is 17.9 Å². The minimum absolute atomic E-state index is 0.0832. The van der Waals surface area contributed by atoms with Crippen LogP contribution in [0.25, 0.3) is 0 Å². The third-order valence-corrected chi connectivity index (χ3v) is 6.18. The summed E-state index contributed by atoms with van der Waals surface area (Å²) in [6, 6.07) is 12.3.